The van der Waals surface area contributed by atoms with Crippen LogP contribution < -0.4 is 5.32 Å². The van der Waals surface area contributed by atoms with Crippen LogP contribution in [0.4, 0.5) is 11.4 Å². The zero-order valence-electron chi connectivity index (χ0n) is 13.8. The summed E-state index contributed by atoms with van der Waals surface area (Å²) in [4.78, 5) is 10.5. The lowest BCUT2D eigenvalue weighted by Crippen LogP contribution is -2.41. The van der Waals surface area contributed by atoms with Crippen LogP contribution in [0.25, 0.3) is 0 Å². The first-order valence-corrected chi connectivity index (χ1v) is 9.70. The van der Waals surface area contributed by atoms with Crippen molar-refractivity contribution >= 4 is 21.4 Å². The molecule has 0 bridgehead atoms. The average Bonchev–Trinajstić information content (AvgIpc) is 2.63. The minimum absolute atomic E-state index is 0.0434. The van der Waals surface area contributed by atoms with E-state index in [-0.39, 0.29) is 29.7 Å². The summed E-state index contributed by atoms with van der Waals surface area (Å²) in [6.07, 6.45) is 6.77. The third-order valence-electron chi connectivity index (χ3n) is 4.39. The van der Waals surface area contributed by atoms with Crippen molar-refractivity contribution < 1.29 is 18.1 Å². The molecule has 0 saturated carbocycles. The number of rotatable bonds is 5. The van der Waals surface area contributed by atoms with Gasteiger partial charge in [0.15, 0.2) is 0 Å². The molecule has 0 spiro atoms. The molecule has 1 atom stereocenters. The fourth-order valence-corrected chi connectivity index (χ4v) is 4.61. The topological polar surface area (TPSA) is 102 Å². The molecule has 1 aliphatic heterocycles. The maximum atomic E-state index is 13.0. The van der Waals surface area contributed by atoms with Gasteiger partial charge in [0, 0.05) is 31.3 Å². The number of benzene rings is 1. The Balaban J connectivity index is 1.97. The molecular formula is C16H21N3O5S. The Morgan fingerprint density at radius 2 is 2.00 bits per heavy atom. The highest BCUT2D eigenvalue weighted by atomic mass is 32.2. The molecule has 1 N–H and O–H groups in total. The summed E-state index contributed by atoms with van der Waals surface area (Å²) in [5, 5.41) is 14.4. The highest BCUT2D eigenvalue weighted by molar-refractivity contribution is 7.89. The van der Waals surface area contributed by atoms with Gasteiger partial charge in [0.25, 0.3) is 5.69 Å². The van der Waals surface area contributed by atoms with Crippen molar-refractivity contribution in [2.45, 2.75) is 30.2 Å². The lowest BCUT2D eigenvalue weighted by atomic mass is 10.0. The SMILES string of the molecule is O=[N+]([O-])c1ccc(NC2CC=CCC2)c(S(=O)(=O)N2CCOCC2)c1. The second-order valence-corrected chi connectivity index (χ2v) is 7.99. The second kappa shape index (κ2) is 7.51. The Morgan fingerprint density at radius 1 is 1.24 bits per heavy atom. The summed E-state index contributed by atoms with van der Waals surface area (Å²) in [7, 11) is -3.83. The summed E-state index contributed by atoms with van der Waals surface area (Å²) in [5.74, 6) is 0. The molecule has 2 aliphatic rings. The highest BCUT2D eigenvalue weighted by Crippen LogP contribution is 2.31. The second-order valence-electron chi connectivity index (χ2n) is 6.08. The number of nitro benzene ring substituents is 1. The molecule has 8 nitrogen and oxygen atoms in total. The summed E-state index contributed by atoms with van der Waals surface area (Å²) in [6, 6.07) is 4.08. The molecule has 1 fully saturated rings. The van der Waals surface area contributed by atoms with Crippen LogP contribution in [0.5, 0.6) is 0 Å². The van der Waals surface area contributed by atoms with E-state index in [2.05, 4.69) is 17.5 Å². The van der Waals surface area contributed by atoms with Gasteiger partial charge >= 0.3 is 0 Å². The summed E-state index contributed by atoms with van der Waals surface area (Å²) >= 11 is 0. The molecule has 1 saturated heterocycles. The zero-order valence-corrected chi connectivity index (χ0v) is 14.6. The molecule has 1 aliphatic carbocycles. The molecular weight excluding hydrogens is 346 g/mol. The number of nitrogens with one attached hydrogen (secondary N) is 1. The van der Waals surface area contributed by atoms with Crippen LogP contribution in [0, 0.1) is 10.1 Å². The van der Waals surface area contributed by atoms with Gasteiger partial charge in [-0.1, -0.05) is 12.2 Å². The van der Waals surface area contributed by atoms with Crippen LogP contribution in [0.1, 0.15) is 19.3 Å². The molecule has 1 aromatic carbocycles. The number of allylic oxidation sites excluding steroid dienone is 1. The van der Waals surface area contributed by atoms with E-state index in [1.165, 1.54) is 16.4 Å². The minimum atomic E-state index is -3.83. The molecule has 1 unspecified atom stereocenters. The van der Waals surface area contributed by atoms with Crippen molar-refractivity contribution in [2.24, 2.45) is 0 Å². The first-order chi connectivity index (χ1) is 12.0. The van der Waals surface area contributed by atoms with Crippen molar-refractivity contribution in [3.05, 3.63) is 40.5 Å². The number of ether oxygens (including phenoxy) is 1. The van der Waals surface area contributed by atoms with Crippen LogP contribution >= 0.6 is 0 Å². The summed E-state index contributed by atoms with van der Waals surface area (Å²) in [5.41, 5.74) is 0.179. The largest absolute Gasteiger partial charge is 0.381 e. The number of hydrogen-bond donors (Lipinski definition) is 1. The van der Waals surface area contributed by atoms with E-state index < -0.39 is 14.9 Å². The molecule has 1 aromatic rings. The third-order valence-corrected chi connectivity index (χ3v) is 6.33. The Kier molecular flexibility index (Phi) is 5.36. The molecule has 25 heavy (non-hydrogen) atoms. The molecule has 0 aromatic heterocycles. The monoisotopic (exact) mass is 367 g/mol. The zero-order chi connectivity index (χ0) is 17.9. The van der Waals surface area contributed by atoms with Gasteiger partial charge in [0.1, 0.15) is 4.90 Å². The number of hydrogen-bond acceptors (Lipinski definition) is 6. The van der Waals surface area contributed by atoms with Crippen molar-refractivity contribution in [1.82, 2.24) is 4.31 Å². The molecule has 3 rings (SSSR count). The highest BCUT2D eigenvalue weighted by Gasteiger charge is 2.31. The maximum Gasteiger partial charge on any atom is 0.270 e. The number of morpholine rings is 1. The number of non-ortho nitro benzene ring substituents is 1. The Hall–Kier alpha value is -1.97. The standard InChI is InChI=1S/C16H21N3O5S/c20-19(21)14-6-7-15(17-13-4-2-1-3-5-13)16(12-14)25(22,23)18-8-10-24-11-9-18/h1-2,6-7,12-13,17H,3-5,8-11H2. The van der Waals surface area contributed by atoms with E-state index in [0.29, 0.717) is 18.9 Å². The number of anilines is 1. The van der Waals surface area contributed by atoms with Gasteiger partial charge in [0.2, 0.25) is 10.0 Å². The molecule has 0 amide bonds. The lowest BCUT2D eigenvalue weighted by molar-refractivity contribution is -0.385. The van der Waals surface area contributed by atoms with E-state index in [0.717, 1.165) is 25.3 Å². The fraction of sp³-hybridized carbons (Fsp3) is 0.500. The van der Waals surface area contributed by atoms with Gasteiger partial charge in [-0.25, -0.2) is 8.42 Å². The number of sulfonamides is 1. The molecule has 1 heterocycles. The van der Waals surface area contributed by atoms with Crippen LogP contribution in [0.2, 0.25) is 0 Å². The first kappa shape index (κ1) is 17.8. The number of nitro groups is 1. The van der Waals surface area contributed by atoms with Crippen LogP contribution in [-0.4, -0.2) is 50.0 Å². The van der Waals surface area contributed by atoms with E-state index in [1.54, 1.807) is 0 Å². The predicted octanol–water partition coefficient (Wildman–Crippen LogP) is 2.14. The average molecular weight is 367 g/mol. The molecule has 136 valence electrons. The van der Waals surface area contributed by atoms with E-state index in [9.17, 15) is 18.5 Å². The van der Waals surface area contributed by atoms with Gasteiger partial charge in [0.05, 0.1) is 23.8 Å². The van der Waals surface area contributed by atoms with Crippen LogP contribution in [0.3, 0.4) is 0 Å². The number of nitrogens with zero attached hydrogens (tertiary/aromatic N) is 2. The Labute approximate surface area is 146 Å². The minimum Gasteiger partial charge on any atom is -0.381 e. The van der Waals surface area contributed by atoms with Gasteiger partial charge < -0.3 is 10.1 Å². The lowest BCUT2D eigenvalue weighted by Gasteiger charge is -2.28. The van der Waals surface area contributed by atoms with Gasteiger partial charge in [-0.2, -0.15) is 4.31 Å². The van der Waals surface area contributed by atoms with Crippen molar-refractivity contribution in [3.8, 4) is 0 Å². The van der Waals surface area contributed by atoms with E-state index >= 15 is 0 Å². The smallest absolute Gasteiger partial charge is 0.270 e. The van der Waals surface area contributed by atoms with Gasteiger partial charge in [-0.15, -0.1) is 0 Å². The van der Waals surface area contributed by atoms with E-state index in [1.807, 2.05) is 0 Å². The quantitative estimate of drug-likeness (QED) is 0.486. The van der Waals surface area contributed by atoms with Crippen molar-refractivity contribution in [2.75, 3.05) is 31.6 Å². The molecule has 0 radical (unpaired) electrons. The summed E-state index contributed by atoms with van der Waals surface area (Å²) in [6.45, 7) is 1.14. The molecule has 9 heteroatoms. The third kappa shape index (κ3) is 4.00. The fourth-order valence-electron chi connectivity index (χ4n) is 3.03. The van der Waals surface area contributed by atoms with Gasteiger partial charge in [-0.05, 0) is 25.3 Å². The predicted molar refractivity (Wildman–Crippen MR) is 93.1 cm³/mol. The van der Waals surface area contributed by atoms with Crippen LogP contribution in [0.15, 0.2) is 35.2 Å². The van der Waals surface area contributed by atoms with Crippen molar-refractivity contribution in [1.29, 1.82) is 0 Å². The van der Waals surface area contributed by atoms with Crippen molar-refractivity contribution in [3.63, 3.8) is 0 Å². The summed E-state index contributed by atoms with van der Waals surface area (Å²) < 4.78 is 32.6. The normalized spacial score (nSPS) is 21.8. The Bertz CT molecular complexity index is 772. The van der Waals surface area contributed by atoms with E-state index in [4.69, 9.17) is 4.74 Å². The van der Waals surface area contributed by atoms with Gasteiger partial charge in [-0.3, -0.25) is 10.1 Å². The van der Waals surface area contributed by atoms with Crippen LogP contribution in [-0.2, 0) is 14.8 Å². The maximum absolute atomic E-state index is 13.0. The Morgan fingerprint density at radius 3 is 2.64 bits per heavy atom. The first-order valence-electron chi connectivity index (χ1n) is 8.26.